The van der Waals surface area contributed by atoms with Crippen LogP contribution in [0.2, 0.25) is 0 Å². The highest BCUT2D eigenvalue weighted by Crippen LogP contribution is 2.61. The number of amides is 2. The van der Waals surface area contributed by atoms with E-state index in [9.17, 15) is 14.7 Å². The first-order valence-electron chi connectivity index (χ1n) is 9.42. The Labute approximate surface area is 153 Å². The first-order chi connectivity index (χ1) is 12.5. The fourth-order valence-corrected chi connectivity index (χ4v) is 5.92. The lowest BCUT2D eigenvalue weighted by molar-refractivity contribution is -0.130. The Hall–Kier alpha value is -2.24. The number of carbonyl (C=O) groups is 2. The van der Waals surface area contributed by atoms with E-state index in [4.69, 9.17) is 4.74 Å². The molecule has 4 aliphatic rings. The summed E-state index contributed by atoms with van der Waals surface area (Å²) in [5.74, 6) is 1.97. The molecular weight excluding hydrogens is 332 g/mol. The summed E-state index contributed by atoms with van der Waals surface area (Å²) in [6.07, 6.45) is 7.96. The molecule has 4 fully saturated rings. The third-order valence-electron chi connectivity index (χ3n) is 6.47. The van der Waals surface area contributed by atoms with Crippen molar-refractivity contribution in [3.63, 3.8) is 0 Å². The van der Waals surface area contributed by atoms with Crippen molar-refractivity contribution in [1.82, 2.24) is 10.9 Å². The Morgan fingerprint density at radius 2 is 1.73 bits per heavy atom. The molecule has 1 aromatic carbocycles. The standard InChI is InChI=1S/C20H26N2O4/c1-26-15-2-3-16(17(23)7-15)19(25)22-21-18(24)11-20-8-12-4-13(9-20)6-14(5-12)10-20/h2-3,7,12-14,23H,4-6,8-11H2,1H3,(H,21,24)(H,22,25). The molecule has 0 saturated heterocycles. The molecule has 0 heterocycles. The monoisotopic (exact) mass is 358 g/mol. The van der Waals surface area contributed by atoms with Gasteiger partial charge >= 0.3 is 0 Å². The average molecular weight is 358 g/mol. The van der Waals surface area contributed by atoms with E-state index in [1.807, 2.05) is 0 Å². The second-order valence-electron chi connectivity index (χ2n) is 8.48. The molecule has 2 amide bonds. The van der Waals surface area contributed by atoms with Crippen molar-refractivity contribution in [1.29, 1.82) is 0 Å². The van der Waals surface area contributed by atoms with Gasteiger partial charge < -0.3 is 9.84 Å². The van der Waals surface area contributed by atoms with Gasteiger partial charge in [0.1, 0.15) is 11.5 Å². The maximum absolute atomic E-state index is 12.4. The quantitative estimate of drug-likeness (QED) is 0.722. The van der Waals surface area contributed by atoms with Crippen LogP contribution in [0.3, 0.4) is 0 Å². The number of benzene rings is 1. The molecular formula is C20H26N2O4. The zero-order valence-corrected chi connectivity index (χ0v) is 15.1. The van der Waals surface area contributed by atoms with Crippen LogP contribution in [0.15, 0.2) is 18.2 Å². The van der Waals surface area contributed by atoms with Gasteiger partial charge in [-0.3, -0.25) is 20.4 Å². The fourth-order valence-electron chi connectivity index (χ4n) is 5.92. The molecule has 3 N–H and O–H groups in total. The van der Waals surface area contributed by atoms with Gasteiger partial charge in [0.15, 0.2) is 0 Å². The summed E-state index contributed by atoms with van der Waals surface area (Å²) in [7, 11) is 1.49. The molecule has 0 aliphatic heterocycles. The lowest BCUT2D eigenvalue weighted by Gasteiger charge is -2.56. The summed E-state index contributed by atoms with van der Waals surface area (Å²) in [5.41, 5.74) is 5.18. The number of ether oxygens (including phenoxy) is 1. The van der Waals surface area contributed by atoms with E-state index < -0.39 is 5.91 Å². The van der Waals surface area contributed by atoms with Gasteiger partial charge in [-0.2, -0.15) is 0 Å². The van der Waals surface area contributed by atoms with Crippen molar-refractivity contribution in [3.8, 4) is 11.5 Å². The summed E-state index contributed by atoms with van der Waals surface area (Å²) in [6, 6.07) is 4.42. The van der Waals surface area contributed by atoms with Gasteiger partial charge in [-0.15, -0.1) is 0 Å². The Kier molecular flexibility index (Phi) is 4.29. The summed E-state index contributed by atoms with van der Waals surface area (Å²) in [4.78, 5) is 24.6. The smallest absolute Gasteiger partial charge is 0.273 e. The zero-order valence-electron chi connectivity index (χ0n) is 15.1. The number of phenolic OH excluding ortho intramolecular Hbond substituents is 1. The summed E-state index contributed by atoms with van der Waals surface area (Å²) in [5, 5.41) is 9.92. The lowest BCUT2D eigenvalue weighted by Crippen LogP contribution is -2.50. The zero-order chi connectivity index (χ0) is 18.3. The number of rotatable bonds is 4. The van der Waals surface area contributed by atoms with Crippen LogP contribution in [-0.4, -0.2) is 24.0 Å². The van der Waals surface area contributed by atoms with Gasteiger partial charge in [-0.1, -0.05) is 0 Å². The predicted octanol–water partition coefficient (Wildman–Crippen LogP) is 2.77. The van der Waals surface area contributed by atoms with E-state index in [1.165, 1.54) is 38.5 Å². The van der Waals surface area contributed by atoms with Crippen LogP contribution < -0.4 is 15.6 Å². The molecule has 4 saturated carbocycles. The molecule has 0 radical (unpaired) electrons. The van der Waals surface area contributed by atoms with Crippen LogP contribution in [0.1, 0.15) is 55.3 Å². The number of hydrogen-bond acceptors (Lipinski definition) is 4. The molecule has 5 rings (SSSR count). The number of methoxy groups -OCH3 is 1. The predicted molar refractivity (Wildman–Crippen MR) is 95.5 cm³/mol. The molecule has 0 unspecified atom stereocenters. The van der Waals surface area contributed by atoms with Crippen LogP contribution in [-0.2, 0) is 4.79 Å². The Balaban J connectivity index is 1.34. The van der Waals surface area contributed by atoms with Gasteiger partial charge in [-0.05, 0) is 73.8 Å². The second kappa shape index (κ2) is 6.49. The highest BCUT2D eigenvalue weighted by atomic mass is 16.5. The average Bonchev–Trinajstić information content (AvgIpc) is 2.58. The highest BCUT2D eigenvalue weighted by Gasteiger charge is 2.51. The van der Waals surface area contributed by atoms with Crippen LogP contribution in [0, 0.1) is 23.2 Å². The molecule has 1 aromatic rings. The van der Waals surface area contributed by atoms with Crippen LogP contribution in [0.25, 0.3) is 0 Å². The van der Waals surface area contributed by atoms with E-state index in [0.29, 0.717) is 12.2 Å². The van der Waals surface area contributed by atoms with Gasteiger partial charge in [-0.25, -0.2) is 0 Å². The Morgan fingerprint density at radius 1 is 1.12 bits per heavy atom. The number of carbonyl (C=O) groups excluding carboxylic acids is 2. The van der Waals surface area contributed by atoms with Gasteiger partial charge in [0.2, 0.25) is 5.91 Å². The molecule has 0 atom stereocenters. The molecule has 4 bridgehead atoms. The Morgan fingerprint density at radius 3 is 2.27 bits per heavy atom. The molecule has 0 aromatic heterocycles. The van der Waals surface area contributed by atoms with Crippen molar-refractivity contribution in [2.75, 3.05) is 7.11 Å². The van der Waals surface area contributed by atoms with E-state index in [2.05, 4.69) is 10.9 Å². The first-order valence-corrected chi connectivity index (χ1v) is 9.42. The first kappa shape index (κ1) is 17.2. The van der Waals surface area contributed by atoms with Crippen LogP contribution >= 0.6 is 0 Å². The topological polar surface area (TPSA) is 87.7 Å². The van der Waals surface area contributed by atoms with Crippen molar-refractivity contribution in [2.45, 2.75) is 44.9 Å². The van der Waals surface area contributed by atoms with Crippen LogP contribution in [0.4, 0.5) is 0 Å². The summed E-state index contributed by atoms with van der Waals surface area (Å²) >= 11 is 0. The van der Waals surface area contributed by atoms with E-state index in [0.717, 1.165) is 37.0 Å². The minimum Gasteiger partial charge on any atom is -0.507 e. The number of hydrogen-bond donors (Lipinski definition) is 3. The van der Waals surface area contributed by atoms with Crippen molar-refractivity contribution in [2.24, 2.45) is 23.2 Å². The third kappa shape index (κ3) is 3.24. The molecule has 0 spiro atoms. The maximum Gasteiger partial charge on any atom is 0.273 e. The van der Waals surface area contributed by atoms with Gasteiger partial charge in [0.05, 0.1) is 12.7 Å². The lowest BCUT2D eigenvalue weighted by atomic mass is 9.49. The minimum atomic E-state index is -0.538. The largest absolute Gasteiger partial charge is 0.507 e. The van der Waals surface area contributed by atoms with Gasteiger partial charge in [0.25, 0.3) is 5.91 Å². The fraction of sp³-hybridized carbons (Fsp3) is 0.600. The van der Waals surface area contributed by atoms with Crippen LogP contribution in [0.5, 0.6) is 11.5 Å². The summed E-state index contributed by atoms with van der Waals surface area (Å²) in [6.45, 7) is 0. The molecule has 4 aliphatic carbocycles. The minimum absolute atomic E-state index is 0.0981. The van der Waals surface area contributed by atoms with Crippen molar-refractivity contribution in [3.05, 3.63) is 23.8 Å². The normalized spacial score (nSPS) is 31.5. The Bertz CT molecular complexity index is 695. The van der Waals surface area contributed by atoms with E-state index in [1.54, 1.807) is 6.07 Å². The summed E-state index contributed by atoms with van der Waals surface area (Å²) < 4.78 is 5.00. The number of phenols is 1. The van der Waals surface area contributed by atoms with Crippen molar-refractivity contribution >= 4 is 11.8 Å². The second-order valence-corrected chi connectivity index (χ2v) is 8.48. The molecule has 6 nitrogen and oxygen atoms in total. The number of nitrogens with one attached hydrogen (secondary N) is 2. The SMILES string of the molecule is COc1ccc(C(=O)NNC(=O)CC23CC4CC(CC(C4)C2)C3)c(O)c1. The molecule has 6 heteroatoms. The highest BCUT2D eigenvalue weighted by molar-refractivity contribution is 5.97. The number of hydrazine groups is 1. The van der Waals surface area contributed by atoms with Gasteiger partial charge in [0, 0.05) is 12.5 Å². The molecule has 26 heavy (non-hydrogen) atoms. The molecule has 140 valence electrons. The van der Waals surface area contributed by atoms with E-state index in [-0.39, 0.29) is 22.6 Å². The third-order valence-corrected chi connectivity index (χ3v) is 6.47. The maximum atomic E-state index is 12.4. The van der Waals surface area contributed by atoms with Crippen molar-refractivity contribution < 1.29 is 19.4 Å². The number of aromatic hydroxyl groups is 1. The van der Waals surface area contributed by atoms with E-state index >= 15 is 0 Å².